The van der Waals surface area contributed by atoms with Crippen molar-refractivity contribution in [2.45, 2.75) is 6.42 Å². The van der Waals surface area contributed by atoms with E-state index < -0.39 is 10.0 Å². The van der Waals surface area contributed by atoms with E-state index >= 15 is 0 Å². The number of benzene rings is 3. The van der Waals surface area contributed by atoms with Crippen LogP contribution in [0.3, 0.4) is 0 Å². The summed E-state index contributed by atoms with van der Waals surface area (Å²) in [6, 6.07) is 18.2. The third-order valence-electron chi connectivity index (χ3n) is 4.58. The van der Waals surface area contributed by atoms with Gasteiger partial charge in [-0.3, -0.25) is 9.10 Å². The molecule has 1 aliphatic heterocycles. The molecule has 4 rings (SSSR count). The van der Waals surface area contributed by atoms with Crippen LogP contribution in [0.2, 0.25) is 5.02 Å². The van der Waals surface area contributed by atoms with Gasteiger partial charge in [0, 0.05) is 17.8 Å². The summed E-state index contributed by atoms with van der Waals surface area (Å²) in [6.07, 6.45) is 0.562. The van der Waals surface area contributed by atoms with Gasteiger partial charge in [-0.05, 0) is 47.5 Å². The van der Waals surface area contributed by atoms with Gasteiger partial charge in [0.2, 0.25) is 10.0 Å². The fourth-order valence-electron chi connectivity index (χ4n) is 3.23. The SMILES string of the molecule is O=C(Nc1ccc(Cl)c(N2CCCS2(=O)=O)c1)c1ccc2ccccc2c1. The Kier molecular flexibility index (Phi) is 4.53. The molecular formula is C20H17ClN2O3S. The van der Waals surface area contributed by atoms with Gasteiger partial charge in [-0.1, -0.05) is 41.9 Å². The van der Waals surface area contributed by atoms with E-state index in [-0.39, 0.29) is 11.7 Å². The minimum absolute atomic E-state index is 0.108. The van der Waals surface area contributed by atoms with Crippen molar-refractivity contribution < 1.29 is 13.2 Å². The van der Waals surface area contributed by atoms with Crippen molar-refractivity contribution in [3.63, 3.8) is 0 Å². The Morgan fingerprint density at radius 3 is 2.52 bits per heavy atom. The minimum Gasteiger partial charge on any atom is -0.322 e. The lowest BCUT2D eigenvalue weighted by molar-refractivity contribution is 0.102. The van der Waals surface area contributed by atoms with E-state index in [1.54, 1.807) is 24.3 Å². The molecule has 0 bridgehead atoms. The highest BCUT2D eigenvalue weighted by molar-refractivity contribution is 7.93. The Morgan fingerprint density at radius 2 is 1.78 bits per heavy atom. The van der Waals surface area contributed by atoms with Crippen molar-refractivity contribution in [2.24, 2.45) is 0 Å². The van der Waals surface area contributed by atoms with Crippen molar-refractivity contribution in [2.75, 3.05) is 21.9 Å². The first-order valence-electron chi connectivity index (χ1n) is 8.54. The molecule has 7 heteroatoms. The Balaban J connectivity index is 1.62. The number of anilines is 2. The second-order valence-corrected chi connectivity index (χ2v) is 8.84. The predicted molar refractivity (Wildman–Crippen MR) is 109 cm³/mol. The Morgan fingerprint density at radius 1 is 1.00 bits per heavy atom. The van der Waals surface area contributed by atoms with Crippen LogP contribution in [0.5, 0.6) is 0 Å². The molecule has 138 valence electrons. The molecule has 0 spiro atoms. The van der Waals surface area contributed by atoms with Gasteiger partial charge in [0.05, 0.1) is 16.5 Å². The summed E-state index contributed by atoms with van der Waals surface area (Å²) in [5.74, 6) is -0.157. The smallest absolute Gasteiger partial charge is 0.255 e. The average Bonchev–Trinajstić information content (AvgIpc) is 3.01. The highest BCUT2D eigenvalue weighted by Gasteiger charge is 2.30. The monoisotopic (exact) mass is 400 g/mol. The third-order valence-corrected chi connectivity index (χ3v) is 6.76. The van der Waals surface area contributed by atoms with Crippen molar-refractivity contribution in [3.8, 4) is 0 Å². The first-order valence-corrected chi connectivity index (χ1v) is 10.5. The van der Waals surface area contributed by atoms with Gasteiger partial charge in [-0.2, -0.15) is 0 Å². The maximum absolute atomic E-state index is 12.6. The van der Waals surface area contributed by atoms with Crippen LogP contribution >= 0.6 is 11.6 Å². The van der Waals surface area contributed by atoms with Crippen LogP contribution in [0.15, 0.2) is 60.7 Å². The minimum atomic E-state index is -3.35. The molecule has 0 unspecified atom stereocenters. The molecule has 0 aromatic heterocycles. The van der Waals surface area contributed by atoms with E-state index in [4.69, 9.17) is 11.6 Å². The molecule has 0 saturated carbocycles. The lowest BCUT2D eigenvalue weighted by atomic mass is 10.1. The fourth-order valence-corrected chi connectivity index (χ4v) is 5.07. The van der Waals surface area contributed by atoms with Gasteiger partial charge < -0.3 is 5.32 Å². The molecule has 27 heavy (non-hydrogen) atoms. The molecule has 3 aromatic rings. The molecule has 1 N–H and O–H groups in total. The summed E-state index contributed by atoms with van der Waals surface area (Å²) in [5.41, 5.74) is 1.42. The van der Waals surface area contributed by atoms with Crippen LogP contribution in [0, 0.1) is 0 Å². The zero-order valence-electron chi connectivity index (χ0n) is 14.4. The van der Waals surface area contributed by atoms with Gasteiger partial charge in [-0.25, -0.2) is 8.42 Å². The van der Waals surface area contributed by atoms with Crippen LogP contribution in [0.1, 0.15) is 16.8 Å². The molecule has 1 amide bonds. The van der Waals surface area contributed by atoms with Gasteiger partial charge in [0.1, 0.15) is 0 Å². The zero-order chi connectivity index (χ0) is 19.0. The number of hydrogen-bond acceptors (Lipinski definition) is 3. The molecule has 1 aliphatic rings. The molecule has 0 aliphatic carbocycles. The standard InChI is InChI=1S/C20H17ClN2O3S/c21-18-9-8-17(13-19(18)23-10-3-11-27(23,25)26)22-20(24)16-7-6-14-4-1-2-5-15(14)12-16/h1-2,4-9,12-13H,3,10-11H2,(H,22,24). The van der Waals surface area contributed by atoms with E-state index in [0.717, 1.165) is 10.8 Å². The lowest BCUT2D eigenvalue weighted by Gasteiger charge is -2.19. The van der Waals surface area contributed by atoms with Gasteiger partial charge in [0.15, 0.2) is 0 Å². The van der Waals surface area contributed by atoms with E-state index in [2.05, 4.69) is 5.32 Å². The quantitative estimate of drug-likeness (QED) is 0.713. The summed E-state index contributed by atoms with van der Waals surface area (Å²) in [6.45, 7) is 0.393. The number of hydrogen-bond donors (Lipinski definition) is 1. The second-order valence-electron chi connectivity index (χ2n) is 6.42. The number of halogens is 1. The summed E-state index contributed by atoms with van der Waals surface area (Å²) in [7, 11) is -3.35. The van der Waals surface area contributed by atoms with Gasteiger partial charge in [-0.15, -0.1) is 0 Å². The van der Waals surface area contributed by atoms with Gasteiger partial charge >= 0.3 is 0 Å². The Labute approximate surface area is 162 Å². The summed E-state index contributed by atoms with van der Waals surface area (Å²) in [5, 5.41) is 5.19. The van der Waals surface area contributed by atoms with Crippen molar-refractivity contribution in [1.29, 1.82) is 0 Å². The number of nitrogens with zero attached hydrogens (tertiary/aromatic N) is 1. The normalized spacial score (nSPS) is 15.8. The maximum Gasteiger partial charge on any atom is 0.255 e. The van der Waals surface area contributed by atoms with Gasteiger partial charge in [0.25, 0.3) is 5.91 Å². The highest BCUT2D eigenvalue weighted by atomic mass is 35.5. The van der Waals surface area contributed by atoms with Crippen LogP contribution in [-0.4, -0.2) is 26.6 Å². The largest absolute Gasteiger partial charge is 0.322 e. The van der Waals surface area contributed by atoms with Crippen molar-refractivity contribution in [1.82, 2.24) is 0 Å². The van der Waals surface area contributed by atoms with E-state index in [1.165, 1.54) is 4.31 Å². The molecule has 1 heterocycles. The van der Waals surface area contributed by atoms with Crippen LogP contribution in [0.4, 0.5) is 11.4 Å². The molecule has 0 radical (unpaired) electrons. The molecule has 5 nitrogen and oxygen atoms in total. The first kappa shape index (κ1) is 17.8. The number of carbonyl (C=O) groups is 1. The van der Waals surface area contributed by atoms with Crippen LogP contribution in [0.25, 0.3) is 10.8 Å². The number of carbonyl (C=O) groups excluding carboxylic acids is 1. The fraction of sp³-hybridized carbons (Fsp3) is 0.150. The van der Waals surface area contributed by atoms with Crippen molar-refractivity contribution in [3.05, 3.63) is 71.2 Å². The number of rotatable bonds is 3. The zero-order valence-corrected chi connectivity index (χ0v) is 15.9. The first-order chi connectivity index (χ1) is 12.9. The number of fused-ring (bicyclic) bond motifs is 1. The predicted octanol–water partition coefficient (Wildman–Crippen LogP) is 4.29. The third kappa shape index (κ3) is 3.50. The average molecular weight is 401 g/mol. The number of nitrogens with one attached hydrogen (secondary N) is 1. The molecule has 0 atom stereocenters. The second kappa shape index (κ2) is 6.87. The molecular weight excluding hydrogens is 384 g/mol. The topological polar surface area (TPSA) is 66.5 Å². The lowest BCUT2D eigenvalue weighted by Crippen LogP contribution is -2.25. The maximum atomic E-state index is 12.6. The van der Waals surface area contributed by atoms with E-state index in [9.17, 15) is 13.2 Å². The Hall–Kier alpha value is -2.57. The summed E-state index contributed by atoms with van der Waals surface area (Å²) >= 11 is 6.20. The van der Waals surface area contributed by atoms with E-state index in [1.807, 2.05) is 36.4 Å². The van der Waals surface area contributed by atoms with Crippen LogP contribution < -0.4 is 9.62 Å². The Bertz CT molecular complexity index is 1140. The summed E-state index contributed by atoms with van der Waals surface area (Å²) in [4.78, 5) is 12.6. The molecule has 3 aromatic carbocycles. The summed E-state index contributed by atoms with van der Waals surface area (Å²) < 4.78 is 25.7. The number of sulfonamides is 1. The van der Waals surface area contributed by atoms with E-state index in [0.29, 0.717) is 34.9 Å². The molecule has 1 fully saturated rings. The van der Waals surface area contributed by atoms with Crippen LogP contribution in [-0.2, 0) is 10.0 Å². The number of amides is 1. The molecule has 1 saturated heterocycles. The van der Waals surface area contributed by atoms with Crippen molar-refractivity contribution >= 4 is 49.7 Å². The highest BCUT2D eigenvalue weighted by Crippen LogP contribution is 2.33.